The van der Waals surface area contributed by atoms with Crippen LogP contribution in [0.4, 0.5) is 8.78 Å². The average molecular weight is 454 g/mol. The molecule has 0 radical (unpaired) electrons. The van der Waals surface area contributed by atoms with Gasteiger partial charge in [0.2, 0.25) is 0 Å². The molecule has 2 aliphatic heterocycles. The van der Waals surface area contributed by atoms with Crippen LogP contribution in [0.5, 0.6) is 0 Å². The van der Waals surface area contributed by atoms with Crippen LogP contribution in [-0.4, -0.2) is 37.8 Å². The van der Waals surface area contributed by atoms with E-state index in [1.807, 2.05) is 6.92 Å². The van der Waals surface area contributed by atoms with E-state index in [2.05, 4.69) is 11.0 Å². The summed E-state index contributed by atoms with van der Waals surface area (Å²) in [7, 11) is 0. The Morgan fingerprint density at radius 2 is 2.10 bits per heavy atom. The van der Waals surface area contributed by atoms with Crippen molar-refractivity contribution in [2.75, 3.05) is 0 Å². The first-order valence-electron chi connectivity index (χ1n) is 9.49. The molecule has 5 nitrogen and oxygen atoms in total. The van der Waals surface area contributed by atoms with Gasteiger partial charge in [-0.25, -0.2) is 0 Å². The largest absolute Gasteiger partial charge is 0.390 e. The molecular weight excluding hydrogens is 435 g/mol. The summed E-state index contributed by atoms with van der Waals surface area (Å²) in [6.07, 6.45) is 3.89. The molecule has 0 aliphatic carbocycles. The zero-order valence-corrected chi connectivity index (χ0v) is 17.6. The highest BCUT2D eigenvalue weighted by atomic mass is 35.5. The minimum Gasteiger partial charge on any atom is -0.390 e. The smallest absolute Gasteiger partial charge is 0.291 e. The van der Waals surface area contributed by atoms with E-state index >= 15 is 8.78 Å². The first kappa shape index (κ1) is 21.1. The maximum Gasteiger partial charge on any atom is 0.291 e. The highest BCUT2D eigenvalue weighted by Gasteiger charge is 2.47. The van der Waals surface area contributed by atoms with Gasteiger partial charge in [0.05, 0.1) is 40.9 Å². The van der Waals surface area contributed by atoms with Crippen molar-refractivity contribution in [1.82, 2.24) is 14.7 Å². The number of aliphatic hydroxyl groups is 1. The van der Waals surface area contributed by atoms with E-state index in [9.17, 15) is 9.90 Å². The fourth-order valence-corrected chi connectivity index (χ4v) is 4.48. The van der Waals surface area contributed by atoms with Gasteiger partial charge < -0.3 is 10.0 Å². The molecular formula is C21H19Cl2F2N3O2. The molecule has 1 aromatic carbocycles. The van der Waals surface area contributed by atoms with Gasteiger partial charge in [-0.1, -0.05) is 23.2 Å². The lowest BCUT2D eigenvalue weighted by molar-refractivity contribution is -0.0355. The van der Waals surface area contributed by atoms with Crippen molar-refractivity contribution in [2.45, 2.75) is 50.9 Å². The molecule has 30 heavy (non-hydrogen) atoms. The molecule has 1 aromatic heterocycles. The van der Waals surface area contributed by atoms with Crippen LogP contribution in [0.25, 0.3) is 0 Å². The number of aliphatic hydroxyl groups excluding tert-OH is 1. The van der Waals surface area contributed by atoms with E-state index in [-0.39, 0.29) is 35.8 Å². The van der Waals surface area contributed by atoms with Gasteiger partial charge in [0.1, 0.15) is 5.69 Å². The lowest BCUT2D eigenvalue weighted by atomic mass is 9.92. The first-order valence-corrected chi connectivity index (χ1v) is 10.2. The van der Waals surface area contributed by atoms with E-state index in [1.54, 1.807) is 6.07 Å². The number of benzene rings is 1. The summed E-state index contributed by atoms with van der Waals surface area (Å²) in [6, 6.07) is 4.30. The van der Waals surface area contributed by atoms with Crippen LogP contribution in [0.2, 0.25) is 10.0 Å². The van der Waals surface area contributed by atoms with Crippen molar-refractivity contribution in [2.24, 2.45) is 5.92 Å². The van der Waals surface area contributed by atoms with Gasteiger partial charge in [0, 0.05) is 30.0 Å². The predicted octanol–water partition coefficient (Wildman–Crippen LogP) is 3.88. The maximum atomic E-state index is 15.1. The fraction of sp³-hybridized carbons (Fsp3) is 0.429. The van der Waals surface area contributed by atoms with E-state index in [1.165, 1.54) is 17.0 Å². The Kier molecular flexibility index (Phi) is 5.29. The Hall–Kier alpha value is -2.14. The van der Waals surface area contributed by atoms with Crippen molar-refractivity contribution in [3.05, 3.63) is 50.8 Å². The van der Waals surface area contributed by atoms with Crippen molar-refractivity contribution in [3.8, 4) is 12.3 Å². The second-order valence-corrected chi connectivity index (χ2v) is 8.63. The summed E-state index contributed by atoms with van der Waals surface area (Å²) < 4.78 is 31.4. The fourth-order valence-electron chi connectivity index (χ4n) is 4.19. The Labute approximate surface area is 182 Å². The van der Waals surface area contributed by atoms with Crippen molar-refractivity contribution < 1.29 is 18.7 Å². The molecule has 158 valence electrons. The Bertz CT molecular complexity index is 1060. The number of alkyl halides is 2. The van der Waals surface area contributed by atoms with Crippen LogP contribution in [-0.2, 0) is 25.4 Å². The van der Waals surface area contributed by atoms with Crippen LogP contribution in [0, 0.1) is 18.3 Å². The number of nitrogens with zero attached hydrogens (tertiary/aromatic N) is 3. The number of carbonyl (C=O) groups excluding carboxylic acids is 1. The quantitative estimate of drug-likeness (QED) is 0.666. The third kappa shape index (κ3) is 3.47. The molecule has 0 unspecified atom stereocenters. The standard InChI is InChI=1S/C21H19Cl2F2N3O2/c1-3-12-8-21(24,25)19-14-9-27(20(30)13-4-5-15(22)16(23)7-13)11(2)6-17(14)26-28(19)10-18(12)29/h1,4-5,7,11-12,18,29H,6,8-10H2,2H3/t11-,12-,18-/m1/s1. The summed E-state index contributed by atoms with van der Waals surface area (Å²) in [4.78, 5) is 14.6. The van der Waals surface area contributed by atoms with Gasteiger partial charge >= 0.3 is 0 Å². The number of fused-ring (bicyclic) bond motifs is 3. The molecule has 0 bridgehead atoms. The third-order valence-corrected chi connectivity index (χ3v) is 6.51. The van der Waals surface area contributed by atoms with Crippen LogP contribution < -0.4 is 0 Å². The van der Waals surface area contributed by atoms with Crippen molar-refractivity contribution in [3.63, 3.8) is 0 Å². The first-order chi connectivity index (χ1) is 14.1. The molecule has 4 rings (SSSR count). The SMILES string of the molecule is C#C[C@@H]1CC(F)(F)c2c3c(nn2C[C@H]1O)C[C@@H](C)N(C(=O)c1ccc(Cl)c(Cl)c1)C3. The summed E-state index contributed by atoms with van der Waals surface area (Å²) in [5.41, 5.74) is 0.888. The average Bonchev–Trinajstić information content (AvgIpc) is 2.99. The summed E-state index contributed by atoms with van der Waals surface area (Å²) in [5.74, 6) is -2.32. The van der Waals surface area contributed by atoms with Crippen LogP contribution in [0.15, 0.2) is 18.2 Å². The number of halogens is 4. The van der Waals surface area contributed by atoms with Gasteiger partial charge in [-0.15, -0.1) is 12.3 Å². The molecule has 3 heterocycles. The lowest BCUT2D eigenvalue weighted by Gasteiger charge is -2.34. The molecule has 3 atom stereocenters. The van der Waals surface area contributed by atoms with Gasteiger partial charge in [0.25, 0.3) is 11.8 Å². The maximum absolute atomic E-state index is 15.1. The molecule has 1 N–H and O–H groups in total. The number of carbonyl (C=O) groups is 1. The summed E-state index contributed by atoms with van der Waals surface area (Å²) in [5, 5.41) is 15.2. The molecule has 0 saturated carbocycles. The van der Waals surface area contributed by atoms with Crippen LogP contribution >= 0.6 is 23.2 Å². The predicted molar refractivity (Wildman–Crippen MR) is 109 cm³/mol. The van der Waals surface area contributed by atoms with E-state index in [4.69, 9.17) is 29.6 Å². The van der Waals surface area contributed by atoms with Crippen LogP contribution in [0.3, 0.4) is 0 Å². The zero-order chi connectivity index (χ0) is 21.8. The Morgan fingerprint density at radius 3 is 2.77 bits per heavy atom. The number of amides is 1. The number of aromatic nitrogens is 2. The normalized spacial score (nSPS) is 25.1. The summed E-state index contributed by atoms with van der Waals surface area (Å²) in [6.45, 7) is 1.71. The molecule has 0 fully saturated rings. The molecule has 1 amide bonds. The van der Waals surface area contributed by atoms with Gasteiger partial charge in [-0.2, -0.15) is 13.9 Å². The molecule has 0 spiro atoms. The van der Waals surface area contributed by atoms with Gasteiger partial charge in [-0.3, -0.25) is 9.48 Å². The van der Waals surface area contributed by atoms with E-state index in [0.29, 0.717) is 28.3 Å². The minimum atomic E-state index is -3.27. The van der Waals surface area contributed by atoms with E-state index in [0.717, 1.165) is 4.68 Å². The Morgan fingerprint density at radius 1 is 1.37 bits per heavy atom. The highest BCUT2D eigenvalue weighted by molar-refractivity contribution is 6.42. The number of hydrogen-bond donors (Lipinski definition) is 1. The summed E-state index contributed by atoms with van der Waals surface area (Å²) >= 11 is 12.0. The van der Waals surface area contributed by atoms with E-state index < -0.39 is 24.4 Å². The number of terminal acetylenes is 1. The number of rotatable bonds is 1. The highest BCUT2D eigenvalue weighted by Crippen LogP contribution is 2.43. The molecule has 2 aliphatic rings. The van der Waals surface area contributed by atoms with Gasteiger partial charge in [-0.05, 0) is 25.1 Å². The van der Waals surface area contributed by atoms with Crippen molar-refractivity contribution >= 4 is 29.1 Å². The van der Waals surface area contributed by atoms with Gasteiger partial charge in [0.15, 0.2) is 0 Å². The van der Waals surface area contributed by atoms with Crippen molar-refractivity contribution in [1.29, 1.82) is 0 Å². The molecule has 9 heteroatoms. The topological polar surface area (TPSA) is 58.4 Å². The second kappa shape index (κ2) is 7.52. The third-order valence-electron chi connectivity index (χ3n) is 5.77. The van der Waals surface area contributed by atoms with Crippen LogP contribution in [0.1, 0.15) is 40.7 Å². The number of hydrogen-bond acceptors (Lipinski definition) is 3. The zero-order valence-electron chi connectivity index (χ0n) is 16.1. The Balaban J connectivity index is 1.72. The molecule has 0 saturated heterocycles. The molecule has 2 aromatic rings. The second-order valence-electron chi connectivity index (χ2n) is 7.82. The minimum absolute atomic E-state index is 0.0165. The monoisotopic (exact) mass is 453 g/mol. The lowest BCUT2D eigenvalue weighted by Crippen LogP contribution is -2.43.